The Labute approximate surface area is 125 Å². The second kappa shape index (κ2) is 5.03. The van der Waals surface area contributed by atoms with E-state index < -0.39 is 6.10 Å². The van der Waals surface area contributed by atoms with Gasteiger partial charge in [-0.15, -0.1) is 0 Å². The van der Waals surface area contributed by atoms with E-state index >= 15 is 0 Å². The second-order valence-corrected chi connectivity index (χ2v) is 4.96. The van der Waals surface area contributed by atoms with Gasteiger partial charge < -0.3 is 30.4 Å². The number of rotatable bonds is 1. The maximum Gasteiger partial charge on any atom is 0.166 e. The van der Waals surface area contributed by atoms with Crippen LogP contribution in [-0.2, 0) is 6.42 Å². The minimum atomic E-state index is -0.815. The summed E-state index contributed by atoms with van der Waals surface area (Å²) in [6.07, 6.45) is -0.699. The maximum absolute atomic E-state index is 9.84. The van der Waals surface area contributed by atoms with Crippen molar-refractivity contribution >= 4 is 5.71 Å². The highest BCUT2D eigenvalue weighted by molar-refractivity contribution is 5.94. The molecule has 0 saturated heterocycles. The maximum atomic E-state index is 9.84. The number of fused-ring (bicyclic) bond motifs is 1. The quantitative estimate of drug-likeness (QED) is 0.312. The van der Waals surface area contributed by atoms with E-state index in [2.05, 4.69) is 5.16 Å². The molecule has 1 aliphatic rings. The fraction of sp³-hybridized carbons (Fsp3) is 0.133. The van der Waals surface area contributed by atoms with Crippen LogP contribution in [0, 0.1) is 0 Å². The summed E-state index contributed by atoms with van der Waals surface area (Å²) in [6.45, 7) is 0. The molecule has 0 radical (unpaired) electrons. The Balaban J connectivity index is 2.07. The number of phenols is 4. The van der Waals surface area contributed by atoms with Crippen molar-refractivity contribution in [3.63, 3.8) is 0 Å². The first-order valence-electron chi connectivity index (χ1n) is 6.44. The molecule has 1 heterocycles. The van der Waals surface area contributed by atoms with E-state index in [1.807, 2.05) is 0 Å². The summed E-state index contributed by atoms with van der Waals surface area (Å²) >= 11 is 0. The topological polar surface area (TPSA) is 123 Å². The van der Waals surface area contributed by atoms with Crippen LogP contribution in [0.15, 0.2) is 35.5 Å². The van der Waals surface area contributed by atoms with E-state index in [0.29, 0.717) is 11.1 Å². The third kappa shape index (κ3) is 2.22. The lowest BCUT2D eigenvalue weighted by Gasteiger charge is -2.27. The number of benzene rings is 2. The standard InChI is InChI=1S/C15H13NO6/c17-8-4-12(19)9-6-10(16-21)15(22-14(9)5-8)7-1-2-11(18)13(20)3-7/h1-5,15,17-21H,6H2/b16-10+/t15-/m1/s1. The van der Waals surface area contributed by atoms with Crippen LogP contribution in [0.2, 0.25) is 0 Å². The summed E-state index contributed by atoms with van der Waals surface area (Å²) in [7, 11) is 0. The summed E-state index contributed by atoms with van der Waals surface area (Å²) < 4.78 is 5.67. The average molecular weight is 303 g/mol. The minimum absolute atomic E-state index is 0.115. The number of aromatic hydroxyl groups is 4. The largest absolute Gasteiger partial charge is 0.508 e. The normalized spacial score (nSPS) is 18.7. The van der Waals surface area contributed by atoms with Crippen molar-refractivity contribution in [2.45, 2.75) is 12.5 Å². The minimum Gasteiger partial charge on any atom is -0.508 e. The van der Waals surface area contributed by atoms with Crippen LogP contribution in [0.1, 0.15) is 17.2 Å². The Hall–Kier alpha value is -3.09. The van der Waals surface area contributed by atoms with Crippen molar-refractivity contribution < 1.29 is 30.4 Å². The van der Waals surface area contributed by atoms with Crippen LogP contribution in [-0.4, -0.2) is 31.3 Å². The molecule has 0 amide bonds. The van der Waals surface area contributed by atoms with Gasteiger partial charge in [-0.05, 0) is 12.1 Å². The molecule has 3 rings (SSSR count). The summed E-state index contributed by atoms with van der Waals surface area (Å²) in [5.74, 6) is -0.681. The summed E-state index contributed by atoms with van der Waals surface area (Å²) in [4.78, 5) is 0. The van der Waals surface area contributed by atoms with Gasteiger partial charge in [0, 0.05) is 29.7 Å². The van der Waals surface area contributed by atoms with Crippen LogP contribution in [0.25, 0.3) is 0 Å². The molecule has 0 saturated carbocycles. The predicted octanol–water partition coefficient (Wildman–Crippen LogP) is 2.02. The molecule has 114 valence electrons. The number of ether oxygens (including phenoxy) is 1. The summed E-state index contributed by atoms with van der Waals surface area (Å²) in [6, 6.07) is 6.61. The van der Waals surface area contributed by atoms with Crippen LogP contribution < -0.4 is 4.74 Å². The molecule has 0 aliphatic carbocycles. The number of hydrogen-bond acceptors (Lipinski definition) is 7. The van der Waals surface area contributed by atoms with E-state index in [0.717, 1.165) is 0 Å². The molecule has 1 atom stereocenters. The number of hydrogen-bond donors (Lipinski definition) is 5. The van der Waals surface area contributed by atoms with Gasteiger partial charge in [0.1, 0.15) is 23.0 Å². The number of nitrogens with zero attached hydrogens (tertiary/aromatic N) is 1. The molecule has 2 aromatic rings. The van der Waals surface area contributed by atoms with Gasteiger partial charge in [-0.25, -0.2) is 0 Å². The highest BCUT2D eigenvalue weighted by Gasteiger charge is 2.31. The highest BCUT2D eigenvalue weighted by atomic mass is 16.5. The zero-order valence-electron chi connectivity index (χ0n) is 11.3. The number of phenolic OH excluding ortho intramolecular Hbond substituents is 4. The summed E-state index contributed by atoms with van der Waals surface area (Å²) in [5.41, 5.74) is 1.07. The van der Waals surface area contributed by atoms with Gasteiger partial charge in [-0.1, -0.05) is 11.2 Å². The third-order valence-electron chi connectivity index (χ3n) is 3.51. The average Bonchev–Trinajstić information content (AvgIpc) is 2.48. The molecule has 7 nitrogen and oxygen atoms in total. The van der Waals surface area contributed by atoms with Gasteiger partial charge in [0.2, 0.25) is 0 Å². The van der Waals surface area contributed by atoms with E-state index in [-0.39, 0.29) is 40.9 Å². The molecule has 0 unspecified atom stereocenters. The van der Waals surface area contributed by atoms with E-state index in [1.165, 1.54) is 30.3 Å². The van der Waals surface area contributed by atoms with Crippen molar-refractivity contribution in [3.8, 4) is 28.7 Å². The number of oxime groups is 1. The first-order valence-corrected chi connectivity index (χ1v) is 6.44. The molecular weight excluding hydrogens is 290 g/mol. The van der Waals surface area contributed by atoms with Crippen molar-refractivity contribution in [3.05, 3.63) is 41.5 Å². The van der Waals surface area contributed by atoms with Crippen molar-refractivity contribution in [1.82, 2.24) is 0 Å². The molecule has 0 aromatic heterocycles. The van der Waals surface area contributed by atoms with E-state index in [1.54, 1.807) is 0 Å². The zero-order valence-corrected chi connectivity index (χ0v) is 11.3. The SMILES string of the molecule is O/N=C1\Cc2c(O)cc(O)cc2O[C@@H]1c1ccc(O)c(O)c1. The monoisotopic (exact) mass is 303 g/mol. The smallest absolute Gasteiger partial charge is 0.166 e. The van der Waals surface area contributed by atoms with Crippen LogP contribution in [0.4, 0.5) is 0 Å². The van der Waals surface area contributed by atoms with Gasteiger partial charge in [0.15, 0.2) is 17.6 Å². The van der Waals surface area contributed by atoms with Crippen molar-refractivity contribution in [1.29, 1.82) is 0 Å². The lowest BCUT2D eigenvalue weighted by molar-refractivity contribution is 0.240. The van der Waals surface area contributed by atoms with Gasteiger partial charge in [-0.2, -0.15) is 0 Å². The van der Waals surface area contributed by atoms with Crippen molar-refractivity contribution in [2.75, 3.05) is 0 Å². The fourth-order valence-corrected chi connectivity index (χ4v) is 2.42. The Morgan fingerprint density at radius 1 is 0.955 bits per heavy atom. The van der Waals surface area contributed by atoms with E-state index in [9.17, 15) is 25.6 Å². The van der Waals surface area contributed by atoms with Gasteiger partial charge in [0.25, 0.3) is 0 Å². The zero-order chi connectivity index (χ0) is 15.9. The van der Waals surface area contributed by atoms with E-state index in [4.69, 9.17) is 4.74 Å². The predicted molar refractivity (Wildman–Crippen MR) is 75.8 cm³/mol. The Morgan fingerprint density at radius 2 is 1.73 bits per heavy atom. The molecule has 0 fully saturated rings. The molecular formula is C15H13NO6. The van der Waals surface area contributed by atoms with Gasteiger partial charge >= 0.3 is 0 Å². The van der Waals surface area contributed by atoms with Gasteiger partial charge in [-0.3, -0.25) is 0 Å². The molecule has 0 spiro atoms. The third-order valence-corrected chi connectivity index (χ3v) is 3.51. The molecule has 2 aromatic carbocycles. The molecule has 7 heteroatoms. The fourth-order valence-electron chi connectivity index (χ4n) is 2.42. The molecule has 22 heavy (non-hydrogen) atoms. The Bertz CT molecular complexity index is 771. The lowest BCUT2D eigenvalue weighted by atomic mass is 9.94. The molecule has 1 aliphatic heterocycles. The second-order valence-electron chi connectivity index (χ2n) is 4.96. The first kappa shape index (κ1) is 13.9. The van der Waals surface area contributed by atoms with Crippen LogP contribution in [0.5, 0.6) is 28.7 Å². The van der Waals surface area contributed by atoms with Crippen LogP contribution >= 0.6 is 0 Å². The van der Waals surface area contributed by atoms with Crippen molar-refractivity contribution in [2.24, 2.45) is 5.16 Å². The Morgan fingerprint density at radius 3 is 2.41 bits per heavy atom. The highest BCUT2D eigenvalue weighted by Crippen LogP contribution is 2.41. The first-order chi connectivity index (χ1) is 10.5. The molecule has 5 N–H and O–H groups in total. The van der Waals surface area contributed by atoms with Gasteiger partial charge in [0.05, 0.1) is 0 Å². The van der Waals surface area contributed by atoms with Crippen LogP contribution in [0.3, 0.4) is 0 Å². The lowest BCUT2D eigenvalue weighted by Crippen LogP contribution is -2.26. The molecule has 0 bridgehead atoms. The Kier molecular flexibility index (Phi) is 3.17. The summed E-state index contributed by atoms with van der Waals surface area (Å²) in [5, 5.41) is 50.7.